The molecule has 2 aromatic carbocycles. The summed E-state index contributed by atoms with van der Waals surface area (Å²) in [5.41, 5.74) is 5.66. The van der Waals surface area contributed by atoms with Crippen molar-refractivity contribution in [2.45, 2.75) is 27.2 Å². The Kier molecular flexibility index (Phi) is 5.37. The van der Waals surface area contributed by atoms with Crippen molar-refractivity contribution in [2.24, 2.45) is 0 Å². The van der Waals surface area contributed by atoms with Crippen LogP contribution < -0.4 is 10.9 Å². The third-order valence-electron chi connectivity index (χ3n) is 4.90. The van der Waals surface area contributed by atoms with Crippen molar-refractivity contribution in [1.29, 1.82) is 0 Å². The fourth-order valence-electron chi connectivity index (χ4n) is 3.15. The molecule has 0 fully saturated rings. The van der Waals surface area contributed by atoms with Gasteiger partial charge >= 0.3 is 0 Å². The molecule has 0 bridgehead atoms. The van der Waals surface area contributed by atoms with Crippen LogP contribution in [0.1, 0.15) is 22.4 Å². The van der Waals surface area contributed by atoms with Crippen LogP contribution in [0.5, 0.6) is 0 Å². The van der Waals surface area contributed by atoms with E-state index in [-0.39, 0.29) is 17.9 Å². The molecule has 2 N–H and O–H groups in total. The van der Waals surface area contributed by atoms with E-state index in [0.717, 1.165) is 16.8 Å². The Hall–Kier alpha value is -3.45. The maximum atomic E-state index is 12.9. The van der Waals surface area contributed by atoms with Gasteiger partial charge in [-0.05, 0) is 32.9 Å². The number of carbonyl (C=O) groups excluding carboxylic acids is 1. The van der Waals surface area contributed by atoms with Crippen LogP contribution in [0.25, 0.3) is 16.4 Å². The lowest BCUT2D eigenvalue weighted by Crippen LogP contribution is -2.22. The first-order valence-electron chi connectivity index (χ1n) is 9.60. The van der Waals surface area contributed by atoms with Gasteiger partial charge in [-0.1, -0.05) is 47.5 Å². The third kappa shape index (κ3) is 4.11. The number of aromatic nitrogens is 3. The van der Waals surface area contributed by atoms with E-state index >= 15 is 0 Å². The second-order valence-electron chi connectivity index (χ2n) is 7.33. The highest BCUT2D eigenvalue weighted by Gasteiger charge is 2.18. The summed E-state index contributed by atoms with van der Waals surface area (Å²) in [5.74, 6) is -0.232. The van der Waals surface area contributed by atoms with Crippen molar-refractivity contribution in [3.8, 4) is 16.4 Å². The van der Waals surface area contributed by atoms with Crippen LogP contribution >= 0.6 is 11.3 Å². The molecule has 0 spiro atoms. The Morgan fingerprint density at radius 3 is 2.33 bits per heavy atom. The fourth-order valence-corrected chi connectivity index (χ4v) is 3.94. The molecule has 0 aliphatic rings. The number of aryl methyl sites for hydroxylation is 3. The minimum atomic E-state index is -0.253. The molecule has 7 heteroatoms. The van der Waals surface area contributed by atoms with E-state index in [2.05, 4.69) is 15.4 Å². The van der Waals surface area contributed by atoms with Gasteiger partial charge in [0.25, 0.3) is 5.56 Å². The lowest BCUT2D eigenvalue weighted by Gasteiger charge is -2.04. The molecule has 0 aliphatic carbocycles. The lowest BCUT2D eigenvalue weighted by molar-refractivity contribution is -0.115. The summed E-state index contributed by atoms with van der Waals surface area (Å²) in [5, 5.41) is 8.36. The molecule has 0 unspecified atom stereocenters. The molecule has 0 radical (unpaired) electrons. The highest BCUT2D eigenvalue weighted by molar-refractivity contribution is 7.12. The van der Waals surface area contributed by atoms with E-state index in [0.29, 0.717) is 22.1 Å². The molecule has 6 nitrogen and oxygen atoms in total. The molecule has 1 amide bonds. The number of carbonyl (C=O) groups is 1. The number of thiazole rings is 1. The van der Waals surface area contributed by atoms with E-state index in [1.165, 1.54) is 21.6 Å². The van der Waals surface area contributed by atoms with Crippen LogP contribution in [-0.2, 0) is 11.2 Å². The van der Waals surface area contributed by atoms with E-state index in [9.17, 15) is 9.59 Å². The summed E-state index contributed by atoms with van der Waals surface area (Å²) in [6.07, 6.45) is -0.00175. The smallest absolute Gasteiger partial charge is 0.277 e. The van der Waals surface area contributed by atoms with Crippen molar-refractivity contribution < 1.29 is 4.79 Å². The monoisotopic (exact) mass is 418 g/mol. The van der Waals surface area contributed by atoms with Crippen LogP contribution in [0.2, 0.25) is 0 Å². The summed E-state index contributed by atoms with van der Waals surface area (Å²) in [4.78, 5) is 30.0. The van der Waals surface area contributed by atoms with Gasteiger partial charge in [-0.25, -0.2) is 4.98 Å². The topological polar surface area (TPSA) is 79.8 Å². The molecule has 0 saturated carbocycles. The first-order valence-corrected chi connectivity index (χ1v) is 10.5. The summed E-state index contributed by atoms with van der Waals surface area (Å²) < 4.78 is 1.41. The van der Waals surface area contributed by atoms with Crippen LogP contribution in [-0.4, -0.2) is 20.7 Å². The number of rotatable bonds is 5. The van der Waals surface area contributed by atoms with Crippen molar-refractivity contribution in [3.05, 3.63) is 86.6 Å². The van der Waals surface area contributed by atoms with Crippen LogP contribution in [0.3, 0.4) is 0 Å². The summed E-state index contributed by atoms with van der Waals surface area (Å²) in [6.45, 7) is 5.81. The molecule has 2 heterocycles. The standard InChI is InChI=1S/C23H22N4O2S/c1-14-4-8-17(9-5-14)20-13-30-23(25-20)27-22(29)19(16(3)26-27)12-21(28)24-18-10-6-15(2)7-11-18/h4-11,13,26H,12H2,1-3H3,(H,24,28). The molecule has 4 rings (SSSR count). The number of hydrogen-bond acceptors (Lipinski definition) is 4. The Bertz CT molecular complexity index is 1250. The Morgan fingerprint density at radius 2 is 1.67 bits per heavy atom. The maximum Gasteiger partial charge on any atom is 0.277 e. The van der Waals surface area contributed by atoms with Gasteiger partial charge in [0, 0.05) is 27.9 Å². The third-order valence-corrected chi connectivity index (χ3v) is 5.72. The van der Waals surface area contributed by atoms with E-state index < -0.39 is 0 Å². The number of H-pyrrole nitrogens is 1. The highest BCUT2D eigenvalue weighted by atomic mass is 32.1. The molecular formula is C23H22N4O2S. The van der Waals surface area contributed by atoms with Gasteiger partial charge in [-0.3, -0.25) is 14.7 Å². The number of anilines is 1. The van der Waals surface area contributed by atoms with Gasteiger partial charge < -0.3 is 5.32 Å². The van der Waals surface area contributed by atoms with Gasteiger partial charge in [0.05, 0.1) is 12.1 Å². The second-order valence-corrected chi connectivity index (χ2v) is 8.16. The van der Waals surface area contributed by atoms with Crippen molar-refractivity contribution in [1.82, 2.24) is 14.8 Å². The van der Waals surface area contributed by atoms with Gasteiger partial charge in [-0.2, -0.15) is 4.68 Å². The minimum absolute atomic E-state index is 0.00175. The first-order chi connectivity index (χ1) is 14.4. The van der Waals surface area contributed by atoms with E-state index in [1.807, 2.05) is 67.8 Å². The minimum Gasteiger partial charge on any atom is -0.326 e. The number of aromatic amines is 1. The Balaban J connectivity index is 1.55. The number of nitrogens with one attached hydrogen (secondary N) is 2. The molecule has 2 aromatic heterocycles. The van der Waals surface area contributed by atoms with Crippen molar-refractivity contribution >= 4 is 22.9 Å². The van der Waals surface area contributed by atoms with Crippen LogP contribution in [0.4, 0.5) is 5.69 Å². The molecule has 152 valence electrons. The fraction of sp³-hybridized carbons (Fsp3) is 0.174. The second kappa shape index (κ2) is 8.12. The van der Waals surface area contributed by atoms with Crippen molar-refractivity contribution in [3.63, 3.8) is 0 Å². The predicted octanol–water partition coefficient (Wildman–Crippen LogP) is 4.40. The predicted molar refractivity (Wildman–Crippen MR) is 120 cm³/mol. The summed E-state index contributed by atoms with van der Waals surface area (Å²) in [7, 11) is 0. The zero-order valence-corrected chi connectivity index (χ0v) is 17.8. The van der Waals surface area contributed by atoms with E-state index in [4.69, 9.17) is 0 Å². The van der Waals surface area contributed by atoms with Gasteiger partial charge in [0.1, 0.15) is 0 Å². The largest absolute Gasteiger partial charge is 0.326 e. The number of hydrogen-bond donors (Lipinski definition) is 2. The number of amides is 1. The summed E-state index contributed by atoms with van der Waals surface area (Å²) in [6, 6.07) is 15.6. The zero-order chi connectivity index (χ0) is 21.3. The number of benzene rings is 2. The molecule has 30 heavy (non-hydrogen) atoms. The quantitative estimate of drug-likeness (QED) is 0.504. The highest BCUT2D eigenvalue weighted by Crippen LogP contribution is 2.24. The van der Waals surface area contributed by atoms with Gasteiger partial charge in [-0.15, -0.1) is 11.3 Å². The SMILES string of the molecule is Cc1ccc(NC(=O)Cc2c(C)[nH]n(-c3nc(-c4ccc(C)cc4)cs3)c2=O)cc1. The lowest BCUT2D eigenvalue weighted by atomic mass is 10.1. The van der Waals surface area contributed by atoms with Crippen LogP contribution in [0, 0.1) is 20.8 Å². The molecule has 0 aliphatic heterocycles. The average molecular weight is 419 g/mol. The van der Waals surface area contributed by atoms with Crippen molar-refractivity contribution in [2.75, 3.05) is 5.32 Å². The molecular weight excluding hydrogens is 396 g/mol. The first kappa shape index (κ1) is 19.8. The number of nitrogens with zero attached hydrogens (tertiary/aromatic N) is 2. The summed E-state index contributed by atoms with van der Waals surface area (Å²) >= 11 is 1.38. The zero-order valence-electron chi connectivity index (χ0n) is 17.0. The molecule has 0 saturated heterocycles. The normalized spacial score (nSPS) is 10.9. The van der Waals surface area contributed by atoms with Gasteiger partial charge in [0.15, 0.2) is 0 Å². The maximum absolute atomic E-state index is 12.9. The van der Waals surface area contributed by atoms with Crippen LogP contribution in [0.15, 0.2) is 58.7 Å². The van der Waals surface area contributed by atoms with E-state index in [1.54, 1.807) is 6.92 Å². The molecule has 0 atom stereocenters. The molecule has 4 aromatic rings. The Morgan fingerprint density at radius 1 is 1.03 bits per heavy atom. The average Bonchev–Trinajstić information content (AvgIpc) is 3.31. The Labute approximate surface area is 178 Å². The van der Waals surface area contributed by atoms with Gasteiger partial charge in [0.2, 0.25) is 11.0 Å².